The summed E-state index contributed by atoms with van der Waals surface area (Å²) in [6, 6.07) is 0. The van der Waals surface area contributed by atoms with E-state index in [-0.39, 0.29) is 0 Å². The first-order valence-corrected chi connectivity index (χ1v) is 8.36. The average Bonchev–Trinajstić information content (AvgIpc) is 2.63. The van der Waals surface area contributed by atoms with E-state index >= 15 is 0 Å². The maximum Gasteiger partial charge on any atom is 0.229 e. The number of nitrogens with zero attached hydrogens (tertiary/aromatic N) is 4. The zero-order valence-electron chi connectivity index (χ0n) is 14.7. The molecule has 2 N–H and O–H groups in total. The molecule has 0 fully saturated rings. The van der Waals surface area contributed by atoms with E-state index in [4.69, 9.17) is 4.98 Å². The van der Waals surface area contributed by atoms with Crippen molar-refractivity contribution in [2.24, 2.45) is 0 Å². The molecule has 0 aliphatic carbocycles. The van der Waals surface area contributed by atoms with Crippen molar-refractivity contribution in [1.29, 1.82) is 0 Å². The smallest absolute Gasteiger partial charge is 0.229 e. The van der Waals surface area contributed by atoms with E-state index in [9.17, 15) is 0 Å². The summed E-state index contributed by atoms with van der Waals surface area (Å²) in [5.41, 5.74) is 3.18. The van der Waals surface area contributed by atoms with Gasteiger partial charge in [-0.3, -0.25) is 0 Å². The molecule has 3 heterocycles. The predicted molar refractivity (Wildman–Crippen MR) is 103 cm³/mol. The average molecular weight is 336 g/mol. The second-order valence-corrected chi connectivity index (χ2v) is 5.94. The number of nitrogens with one attached hydrogen (secondary N) is 2. The lowest BCUT2D eigenvalue weighted by molar-refractivity contribution is 0.332. The standard InChI is InChI=1S/C19H24N6/c1-4-7-17(8-5-2)25-13-15-11-21-19(23-18(15)24(3)14-25)22-16-9-6-10-20-12-16/h4-9,11-12,20H,1,10,13-14H2,2-3H3,(H,21,22,23)/b8-5-,17-7+. The second-order valence-electron chi connectivity index (χ2n) is 5.94. The van der Waals surface area contributed by atoms with Gasteiger partial charge in [0.25, 0.3) is 0 Å². The molecule has 0 saturated carbocycles. The number of aromatic nitrogens is 2. The number of dihydropyridines is 1. The van der Waals surface area contributed by atoms with Gasteiger partial charge in [0.05, 0.1) is 12.4 Å². The Balaban J connectivity index is 1.81. The number of rotatable bonds is 5. The molecule has 6 heteroatoms. The first-order valence-electron chi connectivity index (χ1n) is 8.36. The van der Waals surface area contributed by atoms with Gasteiger partial charge in [0.1, 0.15) is 5.82 Å². The van der Waals surface area contributed by atoms with Gasteiger partial charge in [-0.2, -0.15) is 4.98 Å². The summed E-state index contributed by atoms with van der Waals surface area (Å²) < 4.78 is 0. The molecule has 0 amide bonds. The fourth-order valence-corrected chi connectivity index (χ4v) is 2.89. The minimum Gasteiger partial charge on any atom is -0.386 e. The molecule has 130 valence electrons. The summed E-state index contributed by atoms with van der Waals surface area (Å²) in [7, 11) is 2.05. The summed E-state index contributed by atoms with van der Waals surface area (Å²) in [4.78, 5) is 13.6. The molecule has 3 rings (SSSR count). The van der Waals surface area contributed by atoms with E-state index in [1.165, 1.54) is 0 Å². The molecule has 2 aliphatic heterocycles. The Kier molecular flexibility index (Phi) is 5.18. The third-order valence-corrected chi connectivity index (χ3v) is 3.99. The largest absolute Gasteiger partial charge is 0.386 e. The number of anilines is 2. The Morgan fingerprint density at radius 2 is 2.32 bits per heavy atom. The van der Waals surface area contributed by atoms with Crippen LogP contribution in [0, 0.1) is 0 Å². The quantitative estimate of drug-likeness (QED) is 0.807. The monoisotopic (exact) mass is 336 g/mol. The summed E-state index contributed by atoms with van der Waals surface area (Å²) in [5.74, 6) is 1.56. The van der Waals surface area contributed by atoms with Gasteiger partial charge in [0.15, 0.2) is 0 Å². The molecule has 0 unspecified atom stereocenters. The van der Waals surface area contributed by atoms with Crippen molar-refractivity contribution in [3.05, 3.63) is 72.4 Å². The summed E-state index contributed by atoms with van der Waals surface area (Å²) >= 11 is 0. The van der Waals surface area contributed by atoms with Crippen LogP contribution in [-0.4, -0.2) is 35.1 Å². The molecule has 1 aromatic heterocycles. The van der Waals surface area contributed by atoms with Crippen molar-refractivity contribution >= 4 is 11.8 Å². The number of fused-ring (bicyclic) bond motifs is 1. The zero-order chi connectivity index (χ0) is 17.6. The van der Waals surface area contributed by atoms with Gasteiger partial charge in [-0.25, -0.2) is 4.98 Å². The molecule has 0 atom stereocenters. The zero-order valence-corrected chi connectivity index (χ0v) is 14.7. The minimum atomic E-state index is 0.606. The lowest BCUT2D eigenvalue weighted by atomic mass is 10.2. The van der Waals surface area contributed by atoms with Crippen LogP contribution in [0.3, 0.4) is 0 Å². The van der Waals surface area contributed by atoms with Crippen molar-refractivity contribution in [1.82, 2.24) is 20.2 Å². The van der Waals surface area contributed by atoms with E-state index in [1.54, 1.807) is 0 Å². The van der Waals surface area contributed by atoms with E-state index < -0.39 is 0 Å². The van der Waals surface area contributed by atoms with E-state index in [1.807, 2.05) is 50.7 Å². The highest BCUT2D eigenvalue weighted by Crippen LogP contribution is 2.27. The van der Waals surface area contributed by atoms with Crippen LogP contribution in [-0.2, 0) is 6.54 Å². The second kappa shape index (κ2) is 7.70. The lowest BCUT2D eigenvalue weighted by Gasteiger charge is -2.37. The third kappa shape index (κ3) is 3.91. The van der Waals surface area contributed by atoms with Crippen LogP contribution in [0.15, 0.2) is 66.8 Å². The molecule has 0 aromatic carbocycles. The molecular weight excluding hydrogens is 312 g/mol. The van der Waals surface area contributed by atoms with Crippen molar-refractivity contribution in [3.63, 3.8) is 0 Å². The van der Waals surface area contributed by atoms with Crippen LogP contribution in [0.25, 0.3) is 0 Å². The van der Waals surface area contributed by atoms with Gasteiger partial charge in [-0.05, 0) is 25.2 Å². The maximum atomic E-state index is 4.69. The SMILES string of the molecule is C=C/C=C(\C=C/C)N1Cc2cnc(NC3=CNCC=C3)nc2N(C)C1. The highest BCUT2D eigenvalue weighted by Gasteiger charge is 2.23. The fraction of sp³-hybridized carbons (Fsp3) is 0.263. The van der Waals surface area contributed by atoms with E-state index in [2.05, 4.69) is 44.1 Å². The van der Waals surface area contributed by atoms with Crippen LogP contribution in [0.1, 0.15) is 12.5 Å². The van der Waals surface area contributed by atoms with Crippen molar-refractivity contribution in [3.8, 4) is 0 Å². The van der Waals surface area contributed by atoms with Gasteiger partial charge < -0.3 is 20.4 Å². The molecule has 0 saturated heterocycles. The summed E-state index contributed by atoms with van der Waals surface area (Å²) in [5, 5.41) is 6.40. The third-order valence-electron chi connectivity index (χ3n) is 3.99. The minimum absolute atomic E-state index is 0.606. The van der Waals surface area contributed by atoms with Gasteiger partial charge in [0, 0.05) is 43.8 Å². The highest BCUT2D eigenvalue weighted by atomic mass is 15.4. The maximum absolute atomic E-state index is 4.69. The van der Waals surface area contributed by atoms with Crippen LogP contribution in [0.5, 0.6) is 0 Å². The molecule has 25 heavy (non-hydrogen) atoms. The van der Waals surface area contributed by atoms with Crippen molar-refractivity contribution < 1.29 is 0 Å². The van der Waals surface area contributed by atoms with Crippen LogP contribution >= 0.6 is 0 Å². The molecule has 2 aliphatic rings. The van der Waals surface area contributed by atoms with Crippen molar-refractivity contribution in [2.45, 2.75) is 13.5 Å². The lowest BCUT2D eigenvalue weighted by Crippen LogP contribution is -2.40. The molecule has 0 bridgehead atoms. The predicted octanol–water partition coefficient (Wildman–Crippen LogP) is 2.74. The van der Waals surface area contributed by atoms with Crippen LogP contribution in [0.4, 0.5) is 11.8 Å². The summed E-state index contributed by atoms with van der Waals surface area (Å²) in [6.45, 7) is 8.21. The highest BCUT2D eigenvalue weighted by molar-refractivity contribution is 5.53. The van der Waals surface area contributed by atoms with E-state index in [0.29, 0.717) is 5.95 Å². The Bertz CT molecular complexity index is 759. The van der Waals surface area contributed by atoms with Gasteiger partial charge in [-0.15, -0.1) is 0 Å². The topological polar surface area (TPSA) is 56.3 Å². The molecule has 6 nitrogen and oxygen atoms in total. The molecular formula is C19H24N6. The Labute approximate surface area is 149 Å². The summed E-state index contributed by atoms with van der Waals surface area (Å²) in [6.07, 6.45) is 15.9. The van der Waals surface area contributed by atoms with Crippen LogP contribution < -0.4 is 15.5 Å². The Hall–Kier alpha value is -3.02. The van der Waals surface area contributed by atoms with E-state index in [0.717, 1.165) is 42.5 Å². The first kappa shape index (κ1) is 16.8. The fourth-order valence-electron chi connectivity index (χ4n) is 2.89. The number of hydrogen-bond acceptors (Lipinski definition) is 6. The van der Waals surface area contributed by atoms with Gasteiger partial charge in [-0.1, -0.05) is 24.8 Å². The first-order chi connectivity index (χ1) is 12.2. The van der Waals surface area contributed by atoms with Crippen molar-refractivity contribution in [2.75, 3.05) is 30.5 Å². The Morgan fingerprint density at radius 1 is 1.44 bits per heavy atom. The van der Waals surface area contributed by atoms with Gasteiger partial charge >= 0.3 is 0 Å². The number of hydrogen-bond donors (Lipinski definition) is 2. The molecule has 1 aromatic rings. The normalized spacial score (nSPS) is 17.2. The number of allylic oxidation sites excluding steroid dienone is 5. The molecule has 0 radical (unpaired) electrons. The van der Waals surface area contributed by atoms with Gasteiger partial charge in [0.2, 0.25) is 5.95 Å². The Morgan fingerprint density at radius 3 is 3.04 bits per heavy atom. The van der Waals surface area contributed by atoms with Crippen LogP contribution in [0.2, 0.25) is 0 Å². The molecule has 0 spiro atoms.